The number of urea groups is 1. The van der Waals surface area contributed by atoms with E-state index in [9.17, 15) is 19.5 Å². The van der Waals surface area contributed by atoms with Crippen LogP contribution in [0.3, 0.4) is 0 Å². The molecule has 1 saturated heterocycles. The van der Waals surface area contributed by atoms with E-state index in [1.54, 1.807) is 26.0 Å². The summed E-state index contributed by atoms with van der Waals surface area (Å²) in [5.41, 5.74) is 0.881. The van der Waals surface area contributed by atoms with Crippen molar-refractivity contribution in [1.82, 2.24) is 14.7 Å². The molecular formula is C19H27N3O4. The number of amides is 3. The van der Waals surface area contributed by atoms with Crippen LogP contribution in [0.4, 0.5) is 4.79 Å². The fourth-order valence-corrected chi connectivity index (χ4v) is 3.27. The Labute approximate surface area is 154 Å². The summed E-state index contributed by atoms with van der Waals surface area (Å²) in [6.07, 6.45) is 1.39. The van der Waals surface area contributed by atoms with E-state index in [0.29, 0.717) is 25.9 Å². The van der Waals surface area contributed by atoms with Crippen molar-refractivity contribution in [2.24, 2.45) is 5.92 Å². The molecule has 1 unspecified atom stereocenters. The maximum absolute atomic E-state index is 12.8. The first-order chi connectivity index (χ1) is 12.3. The number of carboxylic acids is 1. The molecule has 142 valence electrons. The highest BCUT2D eigenvalue weighted by atomic mass is 16.4. The van der Waals surface area contributed by atoms with Crippen LogP contribution in [-0.4, -0.2) is 78.0 Å². The van der Waals surface area contributed by atoms with Gasteiger partial charge in [-0.2, -0.15) is 0 Å². The smallest absolute Gasteiger partial charge is 0.326 e. The predicted octanol–water partition coefficient (Wildman–Crippen LogP) is 1.53. The van der Waals surface area contributed by atoms with Crippen molar-refractivity contribution in [3.63, 3.8) is 0 Å². The van der Waals surface area contributed by atoms with Crippen LogP contribution in [0.25, 0.3) is 0 Å². The van der Waals surface area contributed by atoms with Gasteiger partial charge in [0, 0.05) is 46.6 Å². The molecule has 1 atom stereocenters. The molecule has 0 aliphatic carbocycles. The first-order valence-corrected chi connectivity index (χ1v) is 8.81. The summed E-state index contributed by atoms with van der Waals surface area (Å²) in [7, 11) is 4.96. The highest BCUT2D eigenvalue weighted by molar-refractivity contribution is 5.85. The summed E-state index contributed by atoms with van der Waals surface area (Å²) in [6.45, 7) is 1.02. The highest BCUT2D eigenvalue weighted by Gasteiger charge is 2.34. The second-order valence-electron chi connectivity index (χ2n) is 6.93. The van der Waals surface area contributed by atoms with Gasteiger partial charge in [0.15, 0.2) is 0 Å². The van der Waals surface area contributed by atoms with Crippen molar-refractivity contribution in [3.05, 3.63) is 35.9 Å². The molecule has 1 aliphatic rings. The zero-order chi connectivity index (χ0) is 19.3. The lowest BCUT2D eigenvalue weighted by Crippen LogP contribution is -2.50. The van der Waals surface area contributed by atoms with Crippen molar-refractivity contribution < 1.29 is 19.5 Å². The van der Waals surface area contributed by atoms with Crippen LogP contribution < -0.4 is 0 Å². The minimum atomic E-state index is -1.01. The molecule has 1 aliphatic heterocycles. The first kappa shape index (κ1) is 19.8. The first-order valence-electron chi connectivity index (χ1n) is 8.81. The summed E-state index contributed by atoms with van der Waals surface area (Å²) in [5.74, 6) is -1.42. The van der Waals surface area contributed by atoms with Gasteiger partial charge in [0.2, 0.25) is 5.91 Å². The molecular weight excluding hydrogens is 334 g/mol. The van der Waals surface area contributed by atoms with Gasteiger partial charge in [-0.15, -0.1) is 0 Å². The van der Waals surface area contributed by atoms with Crippen molar-refractivity contribution in [3.8, 4) is 0 Å². The van der Waals surface area contributed by atoms with Gasteiger partial charge in [-0.1, -0.05) is 30.3 Å². The van der Waals surface area contributed by atoms with Gasteiger partial charge in [-0.3, -0.25) is 4.79 Å². The highest BCUT2D eigenvalue weighted by Crippen LogP contribution is 2.21. The lowest BCUT2D eigenvalue weighted by Gasteiger charge is -2.35. The van der Waals surface area contributed by atoms with Gasteiger partial charge in [0.25, 0.3) is 0 Å². The summed E-state index contributed by atoms with van der Waals surface area (Å²) in [4.78, 5) is 41.1. The van der Waals surface area contributed by atoms with Crippen LogP contribution in [0.1, 0.15) is 18.4 Å². The molecule has 0 spiro atoms. The van der Waals surface area contributed by atoms with E-state index in [4.69, 9.17) is 0 Å². The Morgan fingerprint density at radius 1 is 1.12 bits per heavy atom. The molecule has 1 aromatic rings. The molecule has 7 nitrogen and oxygen atoms in total. The number of rotatable bonds is 5. The molecule has 26 heavy (non-hydrogen) atoms. The fourth-order valence-electron chi connectivity index (χ4n) is 3.27. The van der Waals surface area contributed by atoms with Gasteiger partial charge in [0.05, 0.1) is 0 Å². The standard InChI is InChI=1S/C19H27N3O4/c1-20(2)19(26)22-11-9-15(10-12-22)17(23)21(3)16(18(24)25)13-14-7-5-4-6-8-14/h4-8,15-16H,9-13H2,1-3H3,(H,24,25). The van der Waals surface area contributed by atoms with E-state index in [1.165, 1.54) is 9.80 Å². The van der Waals surface area contributed by atoms with Gasteiger partial charge in [-0.05, 0) is 18.4 Å². The number of hydrogen-bond acceptors (Lipinski definition) is 3. The van der Waals surface area contributed by atoms with Crippen LogP contribution in [-0.2, 0) is 16.0 Å². The number of carbonyl (C=O) groups excluding carboxylic acids is 2. The molecule has 1 N–H and O–H groups in total. The van der Waals surface area contributed by atoms with E-state index >= 15 is 0 Å². The average molecular weight is 361 g/mol. The average Bonchev–Trinajstić information content (AvgIpc) is 2.65. The van der Waals surface area contributed by atoms with Crippen LogP contribution in [0.5, 0.6) is 0 Å². The second-order valence-corrected chi connectivity index (χ2v) is 6.93. The summed E-state index contributed by atoms with van der Waals surface area (Å²) in [6, 6.07) is 8.35. The number of carboxylic acid groups (broad SMARTS) is 1. The minimum absolute atomic E-state index is 0.0586. The predicted molar refractivity (Wildman–Crippen MR) is 97.7 cm³/mol. The molecule has 1 fully saturated rings. The molecule has 1 aromatic carbocycles. The number of nitrogens with zero attached hydrogens (tertiary/aromatic N) is 3. The maximum Gasteiger partial charge on any atom is 0.326 e. The molecule has 2 rings (SSSR count). The van der Waals surface area contributed by atoms with E-state index in [0.717, 1.165) is 5.56 Å². The Morgan fingerprint density at radius 3 is 2.19 bits per heavy atom. The van der Waals surface area contributed by atoms with Crippen LogP contribution in [0.15, 0.2) is 30.3 Å². The van der Waals surface area contributed by atoms with Gasteiger partial charge in [0.1, 0.15) is 6.04 Å². The lowest BCUT2D eigenvalue weighted by molar-refractivity contribution is -0.151. The molecule has 0 aromatic heterocycles. The third-order valence-electron chi connectivity index (χ3n) is 4.87. The molecule has 7 heteroatoms. The zero-order valence-electron chi connectivity index (χ0n) is 15.6. The molecule has 0 bridgehead atoms. The molecule has 0 saturated carbocycles. The Kier molecular flexibility index (Phi) is 6.60. The molecule has 1 heterocycles. The van der Waals surface area contributed by atoms with Gasteiger partial charge >= 0.3 is 12.0 Å². The molecule has 3 amide bonds. The summed E-state index contributed by atoms with van der Waals surface area (Å²) in [5, 5.41) is 9.58. The minimum Gasteiger partial charge on any atom is -0.480 e. The number of benzene rings is 1. The number of carbonyl (C=O) groups is 3. The normalized spacial score (nSPS) is 16.0. The Morgan fingerprint density at radius 2 is 1.69 bits per heavy atom. The van der Waals surface area contributed by atoms with Crippen molar-refractivity contribution in [2.45, 2.75) is 25.3 Å². The summed E-state index contributed by atoms with van der Waals surface area (Å²) < 4.78 is 0. The van der Waals surface area contributed by atoms with Crippen LogP contribution in [0, 0.1) is 5.92 Å². The number of likely N-dealkylation sites (tertiary alicyclic amines) is 1. The number of aliphatic carboxylic acids is 1. The molecule has 0 radical (unpaired) electrons. The Bertz CT molecular complexity index is 639. The zero-order valence-corrected chi connectivity index (χ0v) is 15.6. The van der Waals surface area contributed by atoms with Crippen LogP contribution in [0.2, 0.25) is 0 Å². The van der Waals surface area contributed by atoms with Gasteiger partial charge < -0.3 is 19.8 Å². The van der Waals surface area contributed by atoms with E-state index < -0.39 is 12.0 Å². The topological polar surface area (TPSA) is 81.2 Å². The largest absolute Gasteiger partial charge is 0.480 e. The Hall–Kier alpha value is -2.57. The quantitative estimate of drug-likeness (QED) is 0.862. The van der Waals surface area contributed by atoms with E-state index in [-0.39, 0.29) is 24.3 Å². The van der Waals surface area contributed by atoms with Crippen molar-refractivity contribution in [2.75, 3.05) is 34.2 Å². The third kappa shape index (κ3) is 4.74. The van der Waals surface area contributed by atoms with E-state index in [2.05, 4.69) is 0 Å². The van der Waals surface area contributed by atoms with E-state index in [1.807, 2.05) is 30.3 Å². The van der Waals surface area contributed by atoms with Crippen LogP contribution >= 0.6 is 0 Å². The number of piperidine rings is 1. The van der Waals surface area contributed by atoms with Gasteiger partial charge in [-0.25, -0.2) is 9.59 Å². The summed E-state index contributed by atoms with van der Waals surface area (Å²) >= 11 is 0. The number of likely N-dealkylation sites (N-methyl/N-ethyl adjacent to an activating group) is 1. The van der Waals surface area contributed by atoms with Crippen molar-refractivity contribution >= 4 is 17.9 Å². The Balaban J connectivity index is 1.99. The van der Waals surface area contributed by atoms with Crippen molar-refractivity contribution in [1.29, 1.82) is 0 Å². The SMILES string of the molecule is CN(C)C(=O)N1CCC(C(=O)N(C)C(Cc2ccccc2)C(=O)O)CC1. The third-order valence-corrected chi connectivity index (χ3v) is 4.87. The lowest BCUT2D eigenvalue weighted by atomic mass is 9.94. The number of hydrogen-bond donors (Lipinski definition) is 1. The maximum atomic E-state index is 12.8. The fraction of sp³-hybridized carbons (Fsp3) is 0.526. The second kappa shape index (κ2) is 8.69. The monoisotopic (exact) mass is 361 g/mol.